The van der Waals surface area contributed by atoms with Crippen molar-refractivity contribution in [2.45, 2.75) is 0 Å². The number of quaternary nitrogens is 1. The van der Waals surface area contributed by atoms with Gasteiger partial charge in [0.2, 0.25) is 0 Å². The highest BCUT2D eigenvalue weighted by molar-refractivity contribution is 7.94. The molecule has 1 fully saturated rings. The third-order valence-electron chi connectivity index (χ3n) is 0.352. The summed E-state index contributed by atoms with van der Waals surface area (Å²) in [5.74, 6) is 0.319. The highest BCUT2D eigenvalue weighted by Gasteiger charge is 2.08. The summed E-state index contributed by atoms with van der Waals surface area (Å²) in [5.41, 5.74) is 0. The Hall–Kier alpha value is 0.190. The molecule has 1 aliphatic rings. The monoisotopic (exact) mass is 109 g/mol. The lowest BCUT2D eigenvalue weighted by Gasteiger charge is -2.02. The molecule has 1 rings (SSSR count). The lowest BCUT2D eigenvalue weighted by molar-refractivity contribution is -1.07. The Morgan fingerprint density at radius 3 is 2.83 bits per heavy atom. The van der Waals surface area contributed by atoms with E-state index in [2.05, 4.69) is 9.32 Å². The third-order valence-corrected chi connectivity index (χ3v) is 0.870. The van der Waals surface area contributed by atoms with Gasteiger partial charge in [-0.2, -0.15) is 5.23 Å². The van der Waals surface area contributed by atoms with E-state index >= 15 is 0 Å². The molecule has 1 unspecified atom stereocenters. The molecular weight excluding hydrogens is 106 g/mol. The molecule has 5 heteroatoms. The Bertz CT molecular complexity index is 44.1. The van der Waals surface area contributed by atoms with Crippen molar-refractivity contribution >= 4 is 12.0 Å². The predicted molar refractivity (Wildman–Crippen MR) is 19.0 cm³/mol. The summed E-state index contributed by atoms with van der Waals surface area (Å²) in [6.45, 7) is 0. The standard InChI is InChI=1S/CH3NO3S/c3-2-1-6-5-4-2/h2H,1H2. The molecule has 0 spiro atoms. The van der Waals surface area contributed by atoms with E-state index in [0.717, 1.165) is 12.0 Å². The van der Waals surface area contributed by atoms with E-state index in [9.17, 15) is 5.21 Å². The molecule has 0 radical (unpaired) electrons. The van der Waals surface area contributed by atoms with E-state index in [1.807, 2.05) is 0 Å². The summed E-state index contributed by atoms with van der Waals surface area (Å²) in [6, 6.07) is 0. The second-order valence-electron chi connectivity index (χ2n) is 0.786. The number of hydroxylamine groups is 2. The summed E-state index contributed by atoms with van der Waals surface area (Å²) >= 11 is 1.01. The van der Waals surface area contributed by atoms with Crippen LogP contribution in [-0.4, -0.2) is 5.88 Å². The molecule has 1 saturated heterocycles. The van der Waals surface area contributed by atoms with Crippen molar-refractivity contribution in [1.82, 2.24) is 0 Å². The van der Waals surface area contributed by atoms with Gasteiger partial charge in [0.15, 0.2) is 5.88 Å². The molecule has 0 aromatic heterocycles. The van der Waals surface area contributed by atoms with E-state index in [1.165, 1.54) is 0 Å². The Balaban J connectivity index is 2.18. The van der Waals surface area contributed by atoms with E-state index in [1.54, 1.807) is 0 Å². The first-order valence-corrected chi connectivity index (χ1v) is 2.29. The maximum Gasteiger partial charge on any atom is 0.185 e. The number of hydrogen-bond acceptors (Lipinski definition) is 4. The Morgan fingerprint density at radius 2 is 2.67 bits per heavy atom. The maximum atomic E-state index is 9.88. The predicted octanol–water partition coefficient (Wildman–Crippen LogP) is -1.15. The third kappa shape index (κ3) is 0.825. The quantitative estimate of drug-likeness (QED) is 0.242. The molecule has 0 amide bonds. The Kier molecular flexibility index (Phi) is 1.28. The minimum absolute atomic E-state index is 0.306. The lowest BCUT2D eigenvalue weighted by atomic mass is 11.5. The number of nitrogens with one attached hydrogen (secondary N) is 1. The maximum absolute atomic E-state index is 9.88. The molecule has 0 aromatic carbocycles. The molecule has 0 aromatic rings. The van der Waals surface area contributed by atoms with E-state index in [4.69, 9.17) is 0 Å². The summed E-state index contributed by atoms with van der Waals surface area (Å²) in [5, 5.41) is 9.57. The fourth-order valence-corrected chi connectivity index (χ4v) is 0.475. The number of rotatable bonds is 0. The van der Waals surface area contributed by atoms with Crippen molar-refractivity contribution in [2.75, 3.05) is 5.88 Å². The molecule has 0 bridgehead atoms. The van der Waals surface area contributed by atoms with Gasteiger partial charge in [0, 0.05) is 0 Å². The minimum atomic E-state index is -0.306. The van der Waals surface area contributed by atoms with Gasteiger partial charge in [-0.15, -0.1) is 4.33 Å². The first-order valence-electron chi connectivity index (χ1n) is 1.38. The van der Waals surface area contributed by atoms with Gasteiger partial charge in [0.05, 0.1) is 0 Å². The normalized spacial score (nSPS) is 34.5. The van der Waals surface area contributed by atoms with Crippen LogP contribution < -0.4 is 5.23 Å². The van der Waals surface area contributed by atoms with Crippen LogP contribution in [0.15, 0.2) is 0 Å². The van der Waals surface area contributed by atoms with Gasteiger partial charge in [-0.3, -0.25) is 0 Å². The van der Waals surface area contributed by atoms with Crippen LogP contribution in [0.4, 0.5) is 0 Å². The lowest BCUT2D eigenvalue weighted by Crippen LogP contribution is -3.03. The molecule has 4 nitrogen and oxygen atoms in total. The van der Waals surface area contributed by atoms with Gasteiger partial charge in [-0.1, -0.05) is 0 Å². The van der Waals surface area contributed by atoms with Gasteiger partial charge in [0.1, 0.15) is 12.0 Å². The van der Waals surface area contributed by atoms with Crippen molar-refractivity contribution in [1.29, 1.82) is 0 Å². The summed E-state index contributed by atoms with van der Waals surface area (Å²) in [7, 11) is 0. The average molecular weight is 109 g/mol. The molecule has 1 atom stereocenters. The second-order valence-corrected chi connectivity index (χ2v) is 1.45. The van der Waals surface area contributed by atoms with E-state index in [-0.39, 0.29) is 5.23 Å². The zero-order valence-corrected chi connectivity index (χ0v) is 3.66. The van der Waals surface area contributed by atoms with Crippen LogP contribution in [0.2, 0.25) is 0 Å². The molecule has 1 N–H and O–H groups in total. The van der Waals surface area contributed by atoms with Crippen LogP contribution in [0.3, 0.4) is 0 Å². The first-order chi connectivity index (χ1) is 2.89. The minimum Gasteiger partial charge on any atom is -0.597 e. The van der Waals surface area contributed by atoms with Crippen molar-refractivity contribution in [2.24, 2.45) is 0 Å². The van der Waals surface area contributed by atoms with Crippen LogP contribution in [-0.2, 0) is 9.32 Å². The Labute approximate surface area is 38.7 Å². The van der Waals surface area contributed by atoms with Crippen molar-refractivity contribution < 1.29 is 14.5 Å². The first kappa shape index (κ1) is 4.35. The Morgan fingerprint density at radius 1 is 1.83 bits per heavy atom. The van der Waals surface area contributed by atoms with Crippen molar-refractivity contribution in [3.8, 4) is 0 Å². The van der Waals surface area contributed by atoms with Crippen molar-refractivity contribution in [3.05, 3.63) is 5.21 Å². The largest absolute Gasteiger partial charge is 0.597 e. The van der Waals surface area contributed by atoms with Gasteiger partial charge in [-0.05, 0) is 4.99 Å². The van der Waals surface area contributed by atoms with Gasteiger partial charge in [0.25, 0.3) is 0 Å². The highest BCUT2D eigenvalue weighted by Crippen LogP contribution is 1.99. The molecule has 36 valence electrons. The topological polar surface area (TPSA) is 46.0 Å². The molecule has 6 heavy (non-hydrogen) atoms. The van der Waals surface area contributed by atoms with Gasteiger partial charge in [-0.25, -0.2) is 0 Å². The SMILES string of the molecule is [O-][NH+]1CSOO1. The average Bonchev–Trinajstić information content (AvgIpc) is 1.86. The van der Waals surface area contributed by atoms with Gasteiger partial charge >= 0.3 is 0 Å². The summed E-state index contributed by atoms with van der Waals surface area (Å²) < 4.78 is 4.12. The van der Waals surface area contributed by atoms with Crippen LogP contribution >= 0.6 is 12.0 Å². The zero-order valence-electron chi connectivity index (χ0n) is 2.84. The summed E-state index contributed by atoms with van der Waals surface area (Å²) in [4.78, 5) is 3.98. The highest BCUT2D eigenvalue weighted by atomic mass is 32.2. The summed E-state index contributed by atoms with van der Waals surface area (Å²) in [6.07, 6.45) is 0. The van der Waals surface area contributed by atoms with Crippen LogP contribution in [0.25, 0.3) is 0 Å². The van der Waals surface area contributed by atoms with E-state index in [0.29, 0.717) is 5.88 Å². The van der Waals surface area contributed by atoms with Gasteiger partial charge < -0.3 is 5.21 Å². The van der Waals surface area contributed by atoms with Crippen LogP contribution in [0, 0.1) is 5.21 Å². The molecule has 0 aliphatic carbocycles. The van der Waals surface area contributed by atoms with E-state index < -0.39 is 0 Å². The number of hydrogen-bond donors (Lipinski definition) is 1. The molecular formula is CH3NO3S. The second kappa shape index (κ2) is 1.76. The smallest absolute Gasteiger partial charge is 0.185 e. The fourth-order valence-electron chi connectivity index (χ4n) is 0.158. The molecule has 0 saturated carbocycles. The van der Waals surface area contributed by atoms with Crippen LogP contribution in [0.5, 0.6) is 0 Å². The fraction of sp³-hybridized carbons (Fsp3) is 1.00. The molecule has 1 aliphatic heterocycles. The van der Waals surface area contributed by atoms with Crippen molar-refractivity contribution in [3.63, 3.8) is 0 Å². The molecule has 1 heterocycles. The van der Waals surface area contributed by atoms with Crippen LogP contribution in [0.1, 0.15) is 0 Å². The zero-order chi connectivity index (χ0) is 4.41.